The molecule has 0 aliphatic heterocycles. The lowest BCUT2D eigenvalue weighted by Crippen LogP contribution is -2.42. The molecule has 0 heterocycles. The first-order chi connectivity index (χ1) is 13.5. The summed E-state index contributed by atoms with van der Waals surface area (Å²) in [5.41, 5.74) is 0.529. The molecule has 1 unspecified atom stereocenters. The number of hydrogen-bond acceptors (Lipinski definition) is 6. The van der Waals surface area contributed by atoms with Gasteiger partial charge in [-0.2, -0.15) is 0 Å². The van der Waals surface area contributed by atoms with Crippen molar-refractivity contribution >= 4 is 23.6 Å². The number of carbonyl (C=O) groups excluding carboxylic acids is 3. The Morgan fingerprint density at radius 3 is 2.14 bits per heavy atom. The van der Waals surface area contributed by atoms with E-state index >= 15 is 0 Å². The number of nitrogens with one attached hydrogen (secondary N) is 2. The summed E-state index contributed by atoms with van der Waals surface area (Å²) in [6.45, 7) is 3.42. The predicted octanol–water partition coefficient (Wildman–Crippen LogP) is 2.74. The second-order valence-electron chi connectivity index (χ2n) is 5.63. The summed E-state index contributed by atoms with van der Waals surface area (Å²) in [7, 11) is 0. The standard InChI is InChI=1S/C20H22N2O6/c1-3-26-16-9-11-17(12-10-16)27-13-18(23)28-14(2)19(24)22-20(25)21-15-7-5-4-6-8-15/h4-12,14H,3,13H2,1-2H3,(H2,21,22,24,25). The largest absolute Gasteiger partial charge is 0.494 e. The number of benzene rings is 2. The molecule has 148 valence electrons. The highest BCUT2D eigenvalue weighted by atomic mass is 16.6. The molecular weight excluding hydrogens is 364 g/mol. The smallest absolute Gasteiger partial charge is 0.344 e. The van der Waals surface area contributed by atoms with Crippen LogP contribution in [0, 0.1) is 0 Å². The number of anilines is 1. The number of imide groups is 1. The molecule has 0 bridgehead atoms. The van der Waals surface area contributed by atoms with Crippen LogP contribution in [0.1, 0.15) is 13.8 Å². The highest BCUT2D eigenvalue weighted by Gasteiger charge is 2.20. The van der Waals surface area contributed by atoms with E-state index in [1.54, 1.807) is 54.6 Å². The summed E-state index contributed by atoms with van der Waals surface area (Å²) >= 11 is 0. The van der Waals surface area contributed by atoms with Crippen LogP contribution in [0.5, 0.6) is 11.5 Å². The van der Waals surface area contributed by atoms with Crippen LogP contribution in [-0.2, 0) is 14.3 Å². The number of ether oxygens (including phenoxy) is 3. The second-order valence-corrected chi connectivity index (χ2v) is 5.63. The van der Waals surface area contributed by atoms with Crippen molar-refractivity contribution in [1.29, 1.82) is 0 Å². The SMILES string of the molecule is CCOc1ccc(OCC(=O)OC(C)C(=O)NC(=O)Nc2ccccc2)cc1. The predicted molar refractivity (Wildman–Crippen MR) is 102 cm³/mol. The summed E-state index contributed by atoms with van der Waals surface area (Å²) in [5.74, 6) is -0.334. The lowest BCUT2D eigenvalue weighted by atomic mass is 10.3. The molecule has 0 aliphatic rings. The van der Waals surface area contributed by atoms with Gasteiger partial charge in [0.1, 0.15) is 11.5 Å². The number of esters is 1. The van der Waals surface area contributed by atoms with Crippen LogP contribution in [-0.4, -0.2) is 37.2 Å². The summed E-state index contributed by atoms with van der Waals surface area (Å²) in [4.78, 5) is 35.6. The first-order valence-corrected chi connectivity index (χ1v) is 8.70. The van der Waals surface area contributed by atoms with Crippen molar-refractivity contribution in [2.45, 2.75) is 20.0 Å². The lowest BCUT2D eigenvalue weighted by molar-refractivity contribution is -0.156. The van der Waals surface area contributed by atoms with E-state index in [4.69, 9.17) is 14.2 Å². The first-order valence-electron chi connectivity index (χ1n) is 8.70. The van der Waals surface area contributed by atoms with Gasteiger partial charge in [0.15, 0.2) is 12.7 Å². The molecule has 0 saturated heterocycles. The van der Waals surface area contributed by atoms with Crippen molar-refractivity contribution in [1.82, 2.24) is 5.32 Å². The van der Waals surface area contributed by atoms with Gasteiger partial charge in [-0.1, -0.05) is 18.2 Å². The summed E-state index contributed by atoms with van der Waals surface area (Å²) in [5, 5.41) is 4.60. The topological polar surface area (TPSA) is 103 Å². The van der Waals surface area contributed by atoms with E-state index in [9.17, 15) is 14.4 Å². The van der Waals surface area contributed by atoms with Gasteiger partial charge in [0, 0.05) is 5.69 Å². The third kappa shape index (κ3) is 6.99. The number of rotatable bonds is 8. The Morgan fingerprint density at radius 1 is 0.929 bits per heavy atom. The maximum Gasteiger partial charge on any atom is 0.344 e. The van der Waals surface area contributed by atoms with Crippen molar-refractivity contribution in [3.8, 4) is 11.5 Å². The molecule has 8 heteroatoms. The molecule has 0 saturated carbocycles. The average molecular weight is 386 g/mol. The summed E-state index contributed by atoms with van der Waals surface area (Å²) < 4.78 is 15.6. The monoisotopic (exact) mass is 386 g/mol. The Bertz CT molecular complexity index is 792. The minimum atomic E-state index is -1.15. The molecule has 0 radical (unpaired) electrons. The maximum absolute atomic E-state index is 11.9. The van der Waals surface area contributed by atoms with Crippen LogP contribution in [0.4, 0.5) is 10.5 Å². The zero-order valence-corrected chi connectivity index (χ0v) is 15.6. The van der Waals surface area contributed by atoms with E-state index in [2.05, 4.69) is 10.6 Å². The van der Waals surface area contributed by atoms with E-state index in [1.807, 2.05) is 6.92 Å². The normalized spacial score (nSPS) is 11.1. The molecule has 1 atom stereocenters. The molecule has 0 aromatic heterocycles. The molecule has 2 rings (SSSR count). The van der Waals surface area contributed by atoms with Gasteiger partial charge in [-0.25, -0.2) is 9.59 Å². The Balaban J connectivity index is 1.73. The van der Waals surface area contributed by atoms with Gasteiger partial charge in [-0.3, -0.25) is 10.1 Å². The molecule has 3 amide bonds. The van der Waals surface area contributed by atoms with Crippen LogP contribution in [0.15, 0.2) is 54.6 Å². The van der Waals surface area contributed by atoms with Crippen molar-refractivity contribution < 1.29 is 28.6 Å². The molecular formula is C20H22N2O6. The second kappa shape index (κ2) is 10.6. The third-order valence-corrected chi connectivity index (χ3v) is 3.44. The zero-order chi connectivity index (χ0) is 20.4. The maximum atomic E-state index is 11.9. The number of carbonyl (C=O) groups is 3. The van der Waals surface area contributed by atoms with E-state index in [1.165, 1.54) is 6.92 Å². The van der Waals surface area contributed by atoms with Gasteiger partial charge in [0.2, 0.25) is 0 Å². The minimum absolute atomic E-state index is 0.373. The van der Waals surface area contributed by atoms with E-state index in [-0.39, 0.29) is 6.61 Å². The van der Waals surface area contributed by atoms with E-state index in [0.717, 1.165) is 0 Å². The van der Waals surface area contributed by atoms with Crippen molar-refractivity contribution in [3.05, 3.63) is 54.6 Å². The van der Waals surface area contributed by atoms with Crippen molar-refractivity contribution in [2.24, 2.45) is 0 Å². The lowest BCUT2D eigenvalue weighted by Gasteiger charge is -2.14. The summed E-state index contributed by atoms with van der Waals surface area (Å²) in [6.07, 6.45) is -1.15. The number of urea groups is 1. The van der Waals surface area contributed by atoms with E-state index in [0.29, 0.717) is 23.8 Å². The molecule has 0 spiro atoms. The average Bonchev–Trinajstić information content (AvgIpc) is 2.68. The highest BCUT2D eigenvalue weighted by molar-refractivity contribution is 6.02. The quantitative estimate of drug-likeness (QED) is 0.676. The van der Waals surface area contributed by atoms with Crippen LogP contribution >= 0.6 is 0 Å². The zero-order valence-electron chi connectivity index (χ0n) is 15.6. The molecule has 8 nitrogen and oxygen atoms in total. The van der Waals surface area contributed by atoms with Crippen LogP contribution < -0.4 is 20.1 Å². The first kappa shape index (κ1) is 20.8. The van der Waals surface area contributed by atoms with Gasteiger partial charge in [-0.15, -0.1) is 0 Å². The van der Waals surface area contributed by atoms with Crippen LogP contribution in [0.2, 0.25) is 0 Å². The Labute approximate surface area is 162 Å². The van der Waals surface area contributed by atoms with Gasteiger partial charge in [0.05, 0.1) is 6.61 Å². The molecule has 2 N–H and O–H groups in total. The van der Waals surface area contributed by atoms with Gasteiger partial charge in [0.25, 0.3) is 5.91 Å². The Kier molecular flexibility index (Phi) is 7.83. The van der Waals surface area contributed by atoms with Crippen LogP contribution in [0.3, 0.4) is 0 Å². The molecule has 0 fully saturated rings. The van der Waals surface area contributed by atoms with Crippen molar-refractivity contribution in [3.63, 3.8) is 0 Å². The highest BCUT2D eigenvalue weighted by Crippen LogP contribution is 2.17. The fourth-order valence-electron chi connectivity index (χ4n) is 2.12. The number of amides is 3. The van der Waals surface area contributed by atoms with Gasteiger partial charge >= 0.3 is 12.0 Å². The number of para-hydroxylation sites is 1. The van der Waals surface area contributed by atoms with E-state index < -0.39 is 24.0 Å². The Hall–Kier alpha value is -3.55. The third-order valence-electron chi connectivity index (χ3n) is 3.44. The molecule has 2 aromatic carbocycles. The van der Waals surface area contributed by atoms with Gasteiger partial charge < -0.3 is 19.5 Å². The number of hydrogen-bond donors (Lipinski definition) is 2. The molecule has 0 aliphatic carbocycles. The van der Waals surface area contributed by atoms with Crippen LogP contribution in [0.25, 0.3) is 0 Å². The fourth-order valence-corrected chi connectivity index (χ4v) is 2.12. The summed E-state index contributed by atoms with van der Waals surface area (Å²) in [6, 6.07) is 14.6. The minimum Gasteiger partial charge on any atom is -0.494 e. The molecule has 2 aromatic rings. The molecule has 28 heavy (non-hydrogen) atoms. The van der Waals surface area contributed by atoms with Crippen molar-refractivity contribution in [2.75, 3.05) is 18.5 Å². The fraction of sp³-hybridized carbons (Fsp3) is 0.250. The van der Waals surface area contributed by atoms with Gasteiger partial charge in [-0.05, 0) is 50.2 Å². The Morgan fingerprint density at radius 2 is 1.54 bits per heavy atom.